The van der Waals surface area contributed by atoms with E-state index in [0.29, 0.717) is 15.8 Å². The lowest BCUT2D eigenvalue weighted by molar-refractivity contribution is -0.0567. The fourth-order valence-corrected chi connectivity index (χ4v) is 2.74. The van der Waals surface area contributed by atoms with Crippen LogP contribution in [0.1, 0.15) is 5.56 Å². The summed E-state index contributed by atoms with van der Waals surface area (Å²) in [7, 11) is 1.51. The predicted molar refractivity (Wildman–Crippen MR) is 80.1 cm³/mol. The van der Waals surface area contributed by atoms with Gasteiger partial charge in [-0.1, -0.05) is 28.1 Å². The molecule has 21 heavy (non-hydrogen) atoms. The summed E-state index contributed by atoms with van der Waals surface area (Å²) in [6, 6.07) is 2.70. The van der Waals surface area contributed by atoms with Crippen molar-refractivity contribution in [3.63, 3.8) is 0 Å². The first kappa shape index (κ1) is 16.3. The van der Waals surface area contributed by atoms with E-state index < -0.39 is 24.4 Å². The van der Waals surface area contributed by atoms with Gasteiger partial charge in [-0.2, -0.15) is 0 Å². The number of hydrogen-bond donors (Lipinski definition) is 5. The summed E-state index contributed by atoms with van der Waals surface area (Å²) in [5.74, 6) is 0.586. The van der Waals surface area contributed by atoms with Crippen LogP contribution >= 0.6 is 15.9 Å². The highest BCUT2D eigenvalue weighted by Gasteiger charge is 2.32. The smallest absolute Gasteiger partial charge is 0.124 e. The zero-order valence-electron chi connectivity index (χ0n) is 11.4. The Labute approximate surface area is 130 Å². The minimum atomic E-state index is -1.24. The van der Waals surface area contributed by atoms with Crippen molar-refractivity contribution >= 4 is 15.9 Å². The molecule has 6 nitrogen and oxygen atoms in total. The van der Waals surface area contributed by atoms with Gasteiger partial charge in [-0.05, 0) is 6.07 Å². The topological polar surface area (TPSA) is 102 Å². The Bertz CT molecular complexity index is 513. The van der Waals surface area contributed by atoms with Gasteiger partial charge in [-0.25, -0.2) is 0 Å². The molecule has 1 aliphatic rings. The third-order valence-corrected chi connectivity index (χ3v) is 4.19. The second kappa shape index (κ2) is 6.76. The average Bonchev–Trinajstić information content (AvgIpc) is 2.45. The van der Waals surface area contributed by atoms with Crippen LogP contribution in [0.4, 0.5) is 0 Å². The monoisotopic (exact) mass is 359 g/mol. The molecular formula is C14H18BrNO5. The molecule has 7 heteroatoms. The Morgan fingerprint density at radius 3 is 2.52 bits per heavy atom. The molecule has 5 N–H and O–H groups in total. The molecule has 1 aromatic rings. The zero-order valence-corrected chi connectivity index (χ0v) is 13.0. The Morgan fingerprint density at radius 1 is 1.19 bits per heavy atom. The van der Waals surface area contributed by atoms with E-state index in [4.69, 9.17) is 4.74 Å². The van der Waals surface area contributed by atoms with E-state index in [1.165, 1.54) is 19.3 Å². The van der Waals surface area contributed by atoms with Gasteiger partial charge in [-0.15, -0.1) is 0 Å². The number of aliphatic hydroxyl groups is 3. The Balaban J connectivity index is 2.08. The molecule has 116 valence electrons. The number of ether oxygens (including phenoxy) is 1. The molecule has 4 unspecified atom stereocenters. The van der Waals surface area contributed by atoms with Crippen molar-refractivity contribution in [3.05, 3.63) is 34.3 Å². The lowest BCUT2D eigenvalue weighted by Gasteiger charge is -2.31. The van der Waals surface area contributed by atoms with Crippen molar-refractivity contribution in [1.29, 1.82) is 0 Å². The molecule has 0 aromatic heterocycles. The normalized spacial score (nSPS) is 28.6. The second-order valence-electron chi connectivity index (χ2n) is 4.87. The Hall–Kier alpha value is -1.12. The van der Waals surface area contributed by atoms with Crippen molar-refractivity contribution in [2.75, 3.05) is 7.11 Å². The first-order valence-electron chi connectivity index (χ1n) is 6.45. The second-order valence-corrected chi connectivity index (χ2v) is 5.72. The molecular weight excluding hydrogens is 342 g/mol. The summed E-state index contributed by atoms with van der Waals surface area (Å²) in [6.07, 6.45) is -0.405. The maximum atomic E-state index is 9.97. The third kappa shape index (κ3) is 3.56. The van der Waals surface area contributed by atoms with Gasteiger partial charge in [-0.3, -0.25) is 0 Å². The quantitative estimate of drug-likeness (QED) is 0.494. The van der Waals surface area contributed by atoms with Crippen LogP contribution < -0.4 is 10.1 Å². The fraction of sp³-hybridized carbons (Fsp3) is 0.429. The van der Waals surface area contributed by atoms with E-state index in [0.717, 1.165) is 0 Å². The van der Waals surface area contributed by atoms with Gasteiger partial charge in [0.15, 0.2) is 0 Å². The van der Waals surface area contributed by atoms with Crippen molar-refractivity contribution in [2.45, 2.75) is 30.9 Å². The number of benzene rings is 1. The molecule has 0 amide bonds. The lowest BCUT2D eigenvalue weighted by Crippen LogP contribution is -2.51. The summed E-state index contributed by atoms with van der Waals surface area (Å²) < 4.78 is 5.71. The van der Waals surface area contributed by atoms with Gasteiger partial charge in [0.2, 0.25) is 0 Å². The van der Waals surface area contributed by atoms with Crippen molar-refractivity contribution in [2.24, 2.45) is 0 Å². The van der Waals surface area contributed by atoms with Crippen LogP contribution in [0.15, 0.2) is 28.8 Å². The molecule has 0 fully saturated rings. The molecule has 0 saturated heterocycles. The van der Waals surface area contributed by atoms with Crippen molar-refractivity contribution < 1.29 is 25.2 Å². The van der Waals surface area contributed by atoms with Crippen LogP contribution in [0, 0.1) is 0 Å². The number of phenolic OH excluding ortho intramolecular Hbond substituents is 1. The number of aromatic hydroxyl groups is 1. The average molecular weight is 360 g/mol. The standard InChI is InChI=1S/C14H18BrNO5/c1-21-7-4-9(15)8(12(18)5-7)6-16-10-2-3-11(17)14(20)13(10)19/h2-5,10-11,13-14,16-20H,6H2,1H3. The molecule has 0 saturated carbocycles. The predicted octanol–water partition coefficient (Wildman–Crippen LogP) is 0.274. The van der Waals surface area contributed by atoms with Crippen LogP contribution in [0.3, 0.4) is 0 Å². The van der Waals surface area contributed by atoms with Crippen LogP contribution in [0.2, 0.25) is 0 Å². The minimum absolute atomic E-state index is 0.0589. The fourth-order valence-electron chi connectivity index (χ4n) is 2.18. The molecule has 0 bridgehead atoms. The van der Waals surface area contributed by atoms with Crippen LogP contribution in [-0.2, 0) is 6.54 Å². The van der Waals surface area contributed by atoms with E-state index in [9.17, 15) is 20.4 Å². The molecule has 1 aliphatic carbocycles. The van der Waals surface area contributed by atoms with E-state index in [1.54, 1.807) is 12.1 Å². The van der Waals surface area contributed by atoms with Crippen LogP contribution in [-0.4, -0.2) is 51.9 Å². The first-order valence-corrected chi connectivity index (χ1v) is 7.24. The molecule has 0 aliphatic heterocycles. The summed E-state index contributed by atoms with van der Waals surface area (Å²) in [6.45, 7) is 0.269. The van der Waals surface area contributed by atoms with Gasteiger partial charge in [0, 0.05) is 22.6 Å². The highest BCUT2D eigenvalue weighted by atomic mass is 79.9. The van der Waals surface area contributed by atoms with E-state index >= 15 is 0 Å². The number of nitrogens with one attached hydrogen (secondary N) is 1. The van der Waals surface area contributed by atoms with Gasteiger partial charge >= 0.3 is 0 Å². The van der Waals surface area contributed by atoms with E-state index in [1.807, 2.05) is 0 Å². The number of hydrogen-bond acceptors (Lipinski definition) is 6. The summed E-state index contributed by atoms with van der Waals surface area (Å²) in [5.41, 5.74) is 0.608. The maximum Gasteiger partial charge on any atom is 0.124 e. The number of aliphatic hydroxyl groups excluding tert-OH is 3. The minimum Gasteiger partial charge on any atom is -0.507 e. The maximum absolute atomic E-state index is 9.97. The van der Waals surface area contributed by atoms with E-state index in [-0.39, 0.29) is 12.3 Å². The highest BCUT2D eigenvalue weighted by molar-refractivity contribution is 9.10. The van der Waals surface area contributed by atoms with Gasteiger partial charge < -0.3 is 30.5 Å². The summed E-state index contributed by atoms with van der Waals surface area (Å²) in [5, 5.41) is 41.9. The summed E-state index contributed by atoms with van der Waals surface area (Å²) in [4.78, 5) is 0. The molecule has 1 aromatic carbocycles. The Kier molecular flexibility index (Phi) is 5.23. The number of rotatable bonds is 4. The Morgan fingerprint density at radius 2 is 1.90 bits per heavy atom. The van der Waals surface area contributed by atoms with Crippen LogP contribution in [0.25, 0.3) is 0 Å². The van der Waals surface area contributed by atoms with E-state index in [2.05, 4.69) is 21.2 Å². The summed E-state index contributed by atoms with van der Waals surface area (Å²) >= 11 is 3.35. The third-order valence-electron chi connectivity index (χ3n) is 3.48. The SMILES string of the molecule is COc1cc(O)c(CNC2C=CC(O)C(O)C2O)c(Br)c1. The van der Waals surface area contributed by atoms with Crippen molar-refractivity contribution in [3.8, 4) is 11.5 Å². The van der Waals surface area contributed by atoms with Crippen molar-refractivity contribution in [1.82, 2.24) is 5.32 Å². The molecule has 0 spiro atoms. The molecule has 2 rings (SSSR count). The molecule has 0 heterocycles. The molecule has 0 radical (unpaired) electrons. The number of methoxy groups -OCH3 is 1. The largest absolute Gasteiger partial charge is 0.507 e. The van der Waals surface area contributed by atoms with Crippen LogP contribution in [0.5, 0.6) is 11.5 Å². The van der Waals surface area contributed by atoms with Gasteiger partial charge in [0.1, 0.15) is 29.8 Å². The molecule has 4 atom stereocenters. The van der Waals surface area contributed by atoms with Gasteiger partial charge in [0.25, 0.3) is 0 Å². The zero-order chi connectivity index (χ0) is 15.6. The number of phenols is 1. The highest BCUT2D eigenvalue weighted by Crippen LogP contribution is 2.31. The number of halogens is 1. The van der Waals surface area contributed by atoms with Gasteiger partial charge in [0.05, 0.1) is 13.2 Å². The first-order chi connectivity index (χ1) is 9.93. The lowest BCUT2D eigenvalue weighted by atomic mass is 9.94.